The SMILES string of the molecule is CCNC(=NCC(c1ccc(F)cc1)N1CCOCC1)NCC(c1ccco1)N(C)C.I. The summed E-state index contributed by atoms with van der Waals surface area (Å²) in [6, 6.07) is 10.8. The third-order valence-electron chi connectivity index (χ3n) is 5.47. The highest BCUT2D eigenvalue weighted by Gasteiger charge is 2.23. The van der Waals surface area contributed by atoms with Crippen molar-refractivity contribution in [3.63, 3.8) is 0 Å². The monoisotopic (exact) mass is 559 g/mol. The van der Waals surface area contributed by atoms with Crippen molar-refractivity contribution in [1.82, 2.24) is 20.4 Å². The number of benzene rings is 1. The first kappa shape index (κ1) is 26.6. The number of likely N-dealkylation sites (N-methyl/N-ethyl adjacent to an activating group) is 1. The van der Waals surface area contributed by atoms with Gasteiger partial charge < -0.3 is 19.8 Å². The number of furan rings is 1. The highest BCUT2D eigenvalue weighted by Crippen LogP contribution is 2.23. The van der Waals surface area contributed by atoms with Crippen molar-refractivity contribution < 1.29 is 13.5 Å². The summed E-state index contributed by atoms with van der Waals surface area (Å²) >= 11 is 0. The first-order valence-corrected chi connectivity index (χ1v) is 10.9. The van der Waals surface area contributed by atoms with Gasteiger partial charge in [0.1, 0.15) is 11.6 Å². The van der Waals surface area contributed by atoms with E-state index in [1.165, 1.54) is 12.1 Å². The molecule has 9 heteroatoms. The fraction of sp³-hybridized carbons (Fsp3) is 0.522. The maximum atomic E-state index is 13.5. The Balaban J connectivity index is 0.00000363. The molecule has 1 aromatic carbocycles. The molecule has 1 aliphatic heterocycles. The van der Waals surface area contributed by atoms with Gasteiger partial charge in [-0.3, -0.25) is 14.8 Å². The van der Waals surface area contributed by atoms with Crippen LogP contribution in [0.3, 0.4) is 0 Å². The van der Waals surface area contributed by atoms with Gasteiger partial charge in [-0.2, -0.15) is 0 Å². The minimum Gasteiger partial charge on any atom is -0.468 e. The summed E-state index contributed by atoms with van der Waals surface area (Å²) in [5.74, 6) is 1.43. The maximum Gasteiger partial charge on any atom is 0.191 e. The zero-order valence-corrected chi connectivity index (χ0v) is 21.4. The Labute approximate surface area is 207 Å². The molecule has 1 fully saturated rings. The van der Waals surface area contributed by atoms with E-state index in [0.717, 1.165) is 36.9 Å². The smallest absolute Gasteiger partial charge is 0.191 e. The molecule has 2 aromatic rings. The van der Waals surface area contributed by atoms with Gasteiger partial charge in [-0.25, -0.2) is 4.39 Å². The molecular formula is C23H35FIN5O2. The largest absolute Gasteiger partial charge is 0.468 e. The molecule has 1 saturated heterocycles. The van der Waals surface area contributed by atoms with E-state index >= 15 is 0 Å². The van der Waals surface area contributed by atoms with Crippen LogP contribution in [0.1, 0.15) is 30.3 Å². The van der Waals surface area contributed by atoms with Gasteiger partial charge in [0, 0.05) is 26.2 Å². The lowest BCUT2D eigenvalue weighted by Crippen LogP contribution is -2.43. The van der Waals surface area contributed by atoms with Gasteiger partial charge in [-0.1, -0.05) is 12.1 Å². The number of nitrogens with one attached hydrogen (secondary N) is 2. The summed E-state index contributed by atoms with van der Waals surface area (Å²) < 4.78 is 24.6. The Bertz CT molecular complexity index is 795. The van der Waals surface area contributed by atoms with Crippen molar-refractivity contribution in [3.05, 3.63) is 59.8 Å². The van der Waals surface area contributed by atoms with Gasteiger partial charge >= 0.3 is 0 Å². The van der Waals surface area contributed by atoms with Crippen molar-refractivity contribution >= 4 is 29.9 Å². The number of guanidine groups is 1. The van der Waals surface area contributed by atoms with Crippen LogP contribution in [0.25, 0.3) is 0 Å². The molecule has 1 aromatic heterocycles. The minimum atomic E-state index is -0.226. The lowest BCUT2D eigenvalue weighted by Gasteiger charge is -2.34. The molecule has 3 rings (SSSR count). The molecule has 0 radical (unpaired) electrons. The van der Waals surface area contributed by atoms with Crippen molar-refractivity contribution in [2.45, 2.75) is 19.0 Å². The molecule has 2 N–H and O–H groups in total. The number of nitrogens with zero attached hydrogens (tertiary/aromatic N) is 3. The van der Waals surface area contributed by atoms with Gasteiger partial charge in [0.2, 0.25) is 0 Å². The van der Waals surface area contributed by atoms with E-state index in [0.29, 0.717) is 26.3 Å². The Morgan fingerprint density at radius 1 is 1.16 bits per heavy atom. The lowest BCUT2D eigenvalue weighted by molar-refractivity contribution is 0.0179. The molecule has 32 heavy (non-hydrogen) atoms. The fourth-order valence-corrected chi connectivity index (χ4v) is 3.74. The molecule has 178 valence electrons. The number of aliphatic imine (C=N–C) groups is 1. The van der Waals surface area contributed by atoms with Crippen LogP contribution in [0.15, 0.2) is 52.1 Å². The Kier molecular flexibility index (Phi) is 11.4. The van der Waals surface area contributed by atoms with Crippen LogP contribution >= 0.6 is 24.0 Å². The molecule has 2 unspecified atom stereocenters. The number of halogens is 2. The predicted octanol–water partition coefficient (Wildman–Crippen LogP) is 3.27. The third-order valence-corrected chi connectivity index (χ3v) is 5.47. The van der Waals surface area contributed by atoms with Crippen LogP contribution in [-0.4, -0.2) is 75.8 Å². The van der Waals surface area contributed by atoms with Crippen LogP contribution in [0, 0.1) is 5.82 Å². The van der Waals surface area contributed by atoms with Crippen LogP contribution < -0.4 is 10.6 Å². The molecule has 0 aliphatic carbocycles. The summed E-state index contributed by atoms with van der Waals surface area (Å²) in [4.78, 5) is 9.34. The number of hydrogen-bond donors (Lipinski definition) is 2. The molecular weight excluding hydrogens is 524 g/mol. The van der Waals surface area contributed by atoms with Crippen molar-refractivity contribution in [2.24, 2.45) is 4.99 Å². The van der Waals surface area contributed by atoms with Crippen molar-refractivity contribution in [3.8, 4) is 0 Å². The molecule has 0 bridgehead atoms. The van der Waals surface area contributed by atoms with Crippen LogP contribution in [0.5, 0.6) is 0 Å². The fourth-order valence-electron chi connectivity index (χ4n) is 3.74. The van der Waals surface area contributed by atoms with Crippen molar-refractivity contribution in [2.75, 3.05) is 60.0 Å². The van der Waals surface area contributed by atoms with Gasteiger partial charge in [0.05, 0.1) is 38.1 Å². The van der Waals surface area contributed by atoms with E-state index < -0.39 is 0 Å². The highest BCUT2D eigenvalue weighted by atomic mass is 127. The van der Waals surface area contributed by atoms with E-state index in [1.54, 1.807) is 6.26 Å². The van der Waals surface area contributed by atoms with Gasteiger partial charge in [0.25, 0.3) is 0 Å². The second-order valence-electron chi connectivity index (χ2n) is 7.81. The summed E-state index contributed by atoms with van der Waals surface area (Å²) in [6.45, 7) is 7.11. The van der Waals surface area contributed by atoms with Crippen LogP contribution in [0.2, 0.25) is 0 Å². The summed E-state index contributed by atoms with van der Waals surface area (Å²) in [5, 5.41) is 6.77. The number of morpholine rings is 1. The number of rotatable bonds is 9. The molecule has 1 aliphatic rings. The normalized spacial score (nSPS) is 17.0. The number of hydrogen-bond acceptors (Lipinski definition) is 5. The van der Waals surface area contributed by atoms with Crippen LogP contribution in [0.4, 0.5) is 4.39 Å². The summed E-state index contributed by atoms with van der Waals surface area (Å²) in [5.41, 5.74) is 1.06. The molecule has 2 heterocycles. The second-order valence-corrected chi connectivity index (χ2v) is 7.81. The van der Waals surface area contributed by atoms with Crippen LogP contribution in [-0.2, 0) is 4.74 Å². The Morgan fingerprint density at radius 3 is 2.47 bits per heavy atom. The number of ether oxygens (including phenoxy) is 1. The minimum absolute atomic E-state index is 0. The van der Waals surface area contributed by atoms with Gasteiger partial charge in [-0.15, -0.1) is 24.0 Å². The van der Waals surface area contributed by atoms with Gasteiger partial charge in [0.15, 0.2) is 5.96 Å². The predicted molar refractivity (Wildman–Crippen MR) is 136 cm³/mol. The molecule has 0 saturated carbocycles. The Morgan fingerprint density at radius 2 is 1.88 bits per heavy atom. The average Bonchev–Trinajstić information content (AvgIpc) is 3.30. The molecule has 7 nitrogen and oxygen atoms in total. The maximum absolute atomic E-state index is 13.5. The van der Waals surface area contributed by atoms with E-state index in [9.17, 15) is 4.39 Å². The zero-order valence-electron chi connectivity index (χ0n) is 19.1. The summed E-state index contributed by atoms with van der Waals surface area (Å²) in [6.07, 6.45) is 1.70. The quantitative estimate of drug-likeness (QED) is 0.280. The Hall–Kier alpha value is -1.69. The zero-order chi connectivity index (χ0) is 22.1. The van der Waals surface area contributed by atoms with Crippen molar-refractivity contribution in [1.29, 1.82) is 0 Å². The molecule has 0 spiro atoms. The molecule has 0 amide bonds. The first-order valence-electron chi connectivity index (χ1n) is 10.9. The lowest BCUT2D eigenvalue weighted by atomic mass is 10.0. The van der Waals surface area contributed by atoms with Gasteiger partial charge in [-0.05, 0) is 50.8 Å². The van der Waals surface area contributed by atoms with E-state index in [1.807, 2.05) is 45.3 Å². The van der Waals surface area contributed by atoms with E-state index in [2.05, 4.69) is 20.4 Å². The third kappa shape index (κ3) is 7.72. The van der Waals surface area contributed by atoms with E-state index in [4.69, 9.17) is 14.1 Å². The first-order chi connectivity index (χ1) is 15.1. The highest BCUT2D eigenvalue weighted by molar-refractivity contribution is 14.0. The van der Waals surface area contributed by atoms with E-state index in [-0.39, 0.29) is 41.9 Å². The standard InChI is InChI=1S/C23H34FN5O2.HI/c1-4-25-23(27-17-21(28(2)3)22-6-5-13-31-22)26-16-20(29-11-14-30-15-12-29)18-7-9-19(24)10-8-18;/h5-10,13,20-21H,4,11-12,14-17H2,1-3H3,(H2,25,26,27);1H. The topological polar surface area (TPSA) is 65.3 Å². The average molecular weight is 559 g/mol. The molecule has 2 atom stereocenters. The second kappa shape index (κ2) is 13.8. The summed E-state index contributed by atoms with van der Waals surface area (Å²) in [7, 11) is 4.06.